The molecule has 7 heteroatoms. The third-order valence-corrected chi connectivity index (χ3v) is 7.57. The average Bonchev–Trinajstić information content (AvgIpc) is 3.16. The number of sulfonamides is 1. The van der Waals surface area contributed by atoms with Crippen LogP contribution >= 0.6 is 11.3 Å². The molecular formula is C17H22N2O3S2. The summed E-state index contributed by atoms with van der Waals surface area (Å²) in [4.78, 5) is 2.32. The lowest BCUT2D eigenvalue weighted by Gasteiger charge is -2.33. The number of methoxy groups -OCH3 is 1. The highest BCUT2D eigenvalue weighted by Gasteiger charge is 2.28. The van der Waals surface area contributed by atoms with E-state index >= 15 is 0 Å². The maximum atomic E-state index is 12.5. The van der Waals surface area contributed by atoms with Crippen molar-refractivity contribution in [2.45, 2.75) is 10.6 Å². The third-order valence-electron chi connectivity index (χ3n) is 4.30. The molecule has 0 radical (unpaired) electrons. The van der Waals surface area contributed by atoms with E-state index in [1.54, 1.807) is 28.9 Å². The molecule has 1 fully saturated rings. The van der Waals surface area contributed by atoms with Gasteiger partial charge in [-0.05, 0) is 35.6 Å². The summed E-state index contributed by atoms with van der Waals surface area (Å²) in [5, 5.41) is 1.80. The molecule has 0 aliphatic carbocycles. The Labute approximate surface area is 147 Å². The number of thiophene rings is 1. The second-order valence-electron chi connectivity index (χ2n) is 5.78. The van der Waals surface area contributed by atoms with Gasteiger partial charge in [0, 0.05) is 32.7 Å². The van der Waals surface area contributed by atoms with Gasteiger partial charge >= 0.3 is 0 Å². The molecule has 5 nitrogen and oxygen atoms in total. The van der Waals surface area contributed by atoms with Gasteiger partial charge in [-0.25, -0.2) is 8.42 Å². The number of benzene rings is 1. The largest absolute Gasteiger partial charge is 0.497 e. The Morgan fingerprint density at radius 2 is 1.79 bits per heavy atom. The van der Waals surface area contributed by atoms with Crippen LogP contribution < -0.4 is 4.74 Å². The molecule has 130 valence electrons. The van der Waals surface area contributed by atoms with Gasteiger partial charge < -0.3 is 9.64 Å². The summed E-state index contributed by atoms with van der Waals surface area (Å²) in [5.41, 5.74) is 1.27. The highest BCUT2D eigenvalue weighted by molar-refractivity contribution is 7.91. The number of ether oxygens (including phenoxy) is 1. The number of rotatable bonds is 6. The molecule has 0 spiro atoms. The van der Waals surface area contributed by atoms with Crippen molar-refractivity contribution < 1.29 is 13.2 Å². The lowest BCUT2D eigenvalue weighted by molar-refractivity contribution is 0.190. The van der Waals surface area contributed by atoms with Gasteiger partial charge in [0.05, 0.1) is 7.11 Å². The summed E-state index contributed by atoms with van der Waals surface area (Å²) < 4.78 is 32.2. The van der Waals surface area contributed by atoms with Crippen LogP contribution in [0.25, 0.3) is 0 Å². The van der Waals surface area contributed by atoms with Gasteiger partial charge in [0.25, 0.3) is 10.0 Å². The van der Waals surface area contributed by atoms with Gasteiger partial charge in [0.1, 0.15) is 9.96 Å². The van der Waals surface area contributed by atoms with E-state index in [1.807, 2.05) is 12.1 Å². The first-order valence-electron chi connectivity index (χ1n) is 7.98. The predicted molar refractivity (Wildman–Crippen MR) is 96.2 cm³/mol. The van der Waals surface area contributed by atoms with E-state index < -0.39 is 10.0 Å². The minimum Gasteiger partial charge on any atom is -0.497 e. The lowest BCUT2D eigenvalue weighted by Crippen LogP contribution is -2.48. The fourth-order valence-electron chi connectivity index (χ4n) is 2.81. The average molecular weight is 367 g/mol. The van der Waals surface area contributed by atoms with E-state index in [2.05, 4.69) is 17.0 Å². The van der Waals surface area contributed by atoms with E-state index in [0.717, 1.165) is 31.8 Å². The Kier molecular flexibility index (Phi) is 5.55. The minimum absolute atomic E-state index is 0.439. The highest BCUT2D eigenvalue weighted by atomic mass is 32.2. The fourth-order valence-corrected chi connectivity index (χ4v) is 5.38. The van der Waals surface area contributed by atoms with E-state index in [0.29, 0.717) is 17.3 Å². The van der Waals surface area contributed by atoms with Crippen LogP contribution in [0.4, 0.5) is 0 Å². The molecular weight excluding hydrogens is 344 g/mol. The van der Waals surface area contributed by atoms with Gasteiger partial charge in [-0.15, -0.1) is 11.3 Å². The van der Waals surface area contributed by atoms with Crippen molar-refractivity contribution >= 4 is 21.4 Å². The fraction of sp³-hybridized carbons (Fsp3) is 0.412. The maximum absolute atomic E-state index is 12.5. The topological polar surface area (TPSA) is 49.9 Å². The number of hydrogen-bond donors (Lipinski definition) is 0. The zero-order valence-corrected chi connectivity index (χ0v) is 15.4. The molecule has 1 aliphatic heterocycles. The van der Waals surface area contributed by atoms with Crippen LogP contribution in [-0.2, 0) is 16.4 Å². The van der Waals surface area contributed by atoms with Crippen LogP contribution in [0.15, 0.2) is 46.0 Å². The molecule has 0 unspecified atom stereocenters. The first kappa shape index (κ1) is 17.4. The molecule has 0 saturated carbocycles. The second-order valence-corrected chi connectivity index (χ2v) is 8.89. The van der Waals surface area contributed by atoms with E-state index in [9.17, 15) is 8.42 Å². The zero-order valence-electron chi connectivity index (χ0n) is 13.7. The van der Waals surface area contributed by atoms with Crippen molar-refractivity contribution in [1.29, 1.82) is 0 Å². The van der Waals surface area contributed by atoms with Crippen molar-refractivity contribution in [3.05, 3.63) is 47.3 Å². The Balaban J connectivity index is 1.50. The normalized spacial score (nSPS) is 17.0. The van der Waals surface area contributed by atoms with Crippen LogP contribution in [0.3, 0.4) is 0 Å². The van der Waals surface area contributed by atoms with Gasteiger partial charge in [-0.1, -0.05) is 18.2 Å². The zero-order chi connectivity index (χ0) is 17.0. The van der Waals surface area contributed by atoms with E-state index in [4.69, 9.17) is 4.74 Å². The van der Waals surface area contributed by atoms with E-state index in [1.165, 1.54) is 16.9 Å². The smallest absolute Gasteiger partial charge is 0.252 e. The molecule has 3 rings (SSSR count). The van der Waals surface area contributed by atoms with Gasteiger partial charge in [0.2, 0.25) is 0 Å². The molecule has 0 bridgehead atoms. The first-order chi connectivity index (χ1) is 11.6. The molecule has 0 atom stereocenters. The van der Waals surface area contributed by atoms with Gasteiger partial charge in [0.15, 0.2) is 0 Å². The monoisotopic (exact) mass is 366 g/mol. The second kappa shape index (κ2) is 7.65. The van der Waals surface area contributed by atoms with Crippen LogP contribution in [-0.4, -0.2) is 57.5 Å². The molecule has 1 aliphatic rings. The Morgan fingerprint density at radius 3 is 2.38 bits per heavy atom. The summed E-state index contributed by atoms with van der Waals surface area (Å²) >= 11 is 1.28. The molecule has 1 aromatic carbocycles. The van der Waals surface area contributed by atoms with Crippen LogP contribution in [0.1, 0.15) is 5.56 Å². The minimum atomic E-state index is -3.31. The van der Waals surface area contributed by atoms with Gasteiger partial charge in [-0.3, -0.25) is 0 Å². The van der Waals surface area contributed by atoms with Gasteiger partial charge in [-0.2, -0.15) is 4.31 Å². The summed E-state index contributed by atoms with van der Waals surface area (Å²) in [7, 11) is -1.64. The molecule has 2 aromatic rings. The van der Waals surface area contributed by atoms with E-state index in [-0.39, 0.29) is 0 Å². The summed E-state index contributed by atoms with van der Waals surface area (Å²) in [6.07, 6.45) is 0.960. The molecule has 24 heavy (non-hydrogen) atoms. The first-order valence-corrected chi connectivity index (χ1v) is 10.3. The van der Waals surface area contributed by atoms with Crippen molar-refractivity contribution in [1.82, 2.24) is 9.21 Å². The maximum Gasteiger partial charge on any atom is 0.252 e. The molecule has 0 amide bonds. The lowest BCUT2D eigenvalue weighted by atomic mass is 10.1. The quantitative estimate of drug-likeness (QED) is 0.787. The summed E-state index contributed by atoms with van der Waals surface area (Å²) in [5.74, 6) is 0.867. The Bertz CT molecular complexity index is 735. The molecule has 1 saturated heterocycles. The van der Waals surface area contributed by atoms with Crippen molar-refractivity contribution in [2.75, 3.05) is 39.8 Å². The molecule has 0 N–H and O–H groups in total. The SMILES string of the molecule is COc1ccc(CCN2CCN(S(=O)(=O)c3cccs3)CC2)cc1. The van der Waals surface area contributed by atoms with Crippen molar-refractivity contribution in [2.24, 2.45) is 0 Å². The molecule has 1 aromatic heterocycles. The highest BCUT2D eigenvalue weighted by Crippen LogP contribution is 2.22. The number of piperazine rings is 1. The number of nitrogens with zero attached hydrogens (tertiary/aromatic N) is 2. The Morgan fingerprint density at radius 1 is 1.08 bits per heavy atom. The summed E-state index contributed by atoms with van der Waals surface area (Å²) in [6.45, 7) is 3.62. The summed E-state index contributed by atoms with van der Waals surface area (Å²) in [6, 6.07) is 11.6. The Hall–Kier alpha value is -1.41. The van der Waals surface area contributed by atoms with Crippen molar-refractivity contribution in [3.63, 3.8) is 0 Å². The predicted octanol–water partition coefficient (Wildman–Crippen LogP) is 2.31. The molecule has 2 heterocycles. The standard InChI is InChI=1S/C17H22N2O3S2/c1-22-16-6-4-15(5-7-16)8-9-18-10-12-19(13-11-18)24(20,21)17-3-2-14-23-17/h2-7,14H,8-13H2,1H3. The van der Waals surface area contributed by atoms with Crippen molar-refractivity contribution in [3.8, 4) is 5.75 Å². The third kappa shape index (κ3) is 3.97. The van der Waals surface area contributed by atoms with Crippen LogP contribution in [0.5, 0.6) is 5.75 Å². The van der Waals surface area contributed by atoms with Crippen LogP contribution in [0, 0.1) is 0 Å². The van der Waals surface area contributed by atoms with Crippen LogP contribution in [0.2, 0.25) is 0 Å². The number of hydrogen-bond acceptors (Lipinski definition) is 5.